The highest BCUT2D eigenvalue weighted by atomic mass is 16.5. The molecule has 2 aromatic heterocycles. The van der Waals surface area contributed by atoms with E-state index < -0.39 is 5.91 Å². The number of aromatic nitrogens is 2. The number of benzene rings is 1. The summed E-state index contributed by atoms with van der Waals surface area (Å²) < 4.78 is 5.46. The van der Waals surface area contributed by atoms with Gasteiger partial charge in [-0.3, -0.25) is 14.4 Å². The fourth-order valence-corrected chi connectivity index (χ4v) is 5.02. The first-order chi connectivity index (χ1) is 18.3. The van der Waals surface area contributed by atoms with Crippen molar-refractivity contribution in [2.24, 2.45) is 0 Å². The number of likely N-dealkylation sites (N-methyl/N-ethyl adjacent to an activating group) is 1. The molecule has 1 aromatic carbocycles. The molecule has 4 heterocycles. The van der Waals surface area contributed by atoms with Crippen LogP contribution in [0.3, 0.4) is 0 Å². The summed E-state index contributed by atoms with van der Waals surface area (Å²) in [5.41, 5.74) is 1.86. The maximum absolute atomic E-state index is 13.2. The van der Waals surface area contributed by atoms with Gasteiger partial charge < -0.3 is 34.6 Å². The number of hydrogen-bond donors (Lipinski definition) is 2. The first kappa shape index (κ1) is 25.5. The molecule has 0 atom stereocenters. The monoisotopic (exact) mass is 519 g/mol. The SMILES string of the molecule is COc1ccc(N2CCN(C)CC2)c2[nH]c(C(=O)Nc3ccc(N4CCN(C(C)=O)CC4)nc3)cc(=O)c12. The van der Waals surface area contributed by atoms with E-state index >= 15 is 0 Å². The van der Waals surface area contributed by atoms with Crippen LogP contribution in [0.5, 0.6) is 5.75 Å². The van der Waals surface area contributed by atoms with Gasteiger partial charge in [0.1, 0.15) is 17.3 Å². The van der Waals surface area contributed by atoms with Crippen LogP contribution in [0.1, 0.15) is 17.4 Å². The van der Waals surface area contributed by atoms with E-state index in [1.807, 2.05) is 17.0 Å². The topological polar surface area (TPSA) is 114 Å². The number of hydrogen-bond acceptors (Lipinski definition) is 8. The summed E-state index contributed by atoms with van der Waals surface area (Å²) in [4.78, 5) is 54.0. The summed E-state index contributed by atoms with van der Waals surface area (Å²) in [5, 5.41) is 3.27. The largest absolute Gasteiger partial charge is 0.496 e. The third-order valence-corrected chi connectivity index (χ3v) is 7.29. The second-order valence-corrected chi connectivity index (χ2v) is 9.73. The number of carbonyl (C=O) groups is 2. The van der Waals surface area contributed by atoms with Crippen molar-refractivity contribution in [3.63, 3.8) is 0 Å². The highest BCUT2D eigenvalue weighted by molar-refractivity contribution is 6.05. The molecule has 2 aliphatic heterocycles. The van der Waals surface area contributed by atoms with Gasteiger partial charge in [0.25, 0.3) is 5.91 Å². The Bertz CT molecular complexity index is 1390. The number of aromatic amines is 1. The first-order valence-corrected chi connectivity index (χ1v) is 12.8. The van der Waals surface area contributed by atoms with Gasteiger partial charge in [0.05, 0.1) is 35.6 Å². The Hall–Kier alpha value is -4.12. The lowest BCUT2D eigenvalue weighted by molar-refractivity contribution is -0.129. The first-order valence-electron chi connectivity index (χ1n) is 12.8. The van der Waals surface area contributed by atoms with Crippen LogP contribution in [0.25, 0.3) is 10.9 Å². The van der Waals surface area contributed by atoms with Crippen LogP contribution in [-0.2, 0) is 4.79 Å². The molecule has 2 amide bonds. The molecule has 2 saturated heterocycles. The summed E-state index contributed by atoms with van der Waals surface area (Å²) in [7, 11) is 3.62. The number of nitrogens with one attached hydrogen (secondary N) is 2. The molecule has 5 rings (SSSR count). The van der Waals surface area contributed by atoms with Gasteiger partial charge >= 0.3 is 0 Å². The zero-order chi connectivity index (χ0) is 26.8. The average molecular weight is 520 g/mol. The Kier molecular flexibility index (Phi) is 7.19. The summed E-state index contributed by atoms with van der Waals surface area (Å²) in [6, 6.07) is 8.68. The number of rotatable bonds is 5. The molecule has 200 valence electrons. The summed E-state index contributed by atoms with van der Waals surface area (Å²) in [6.07, 6.45) is 1.60. The maximum atomic E-state index is 13.2. The smallest absolute Gasteiger partial charge is 0.272 e. The molecule has 0 bridgehead atoms. The quantitative estimate of drug-likeness (QED) is 0.523. The van der Waals surface area contributed by atoms with Crippen molar-refractivity contribution in [2.45, 2.75) is 6.92 Å². The van der Waals surface area contributed by atoms with E-state index in [0.29, 0.717) is 48.5 Å². The van der Waals surface area contributed by atoms with Crippen molar-refractivity contribution in [1.82, 2.24) is 19.8 Å². The molecule has 0 spiro atoms. The molecule has 0 saturated carbocycles. The number of pyridine rings is 2. The van der Waals surface area contributed by atoms with Crippen LogP contribution >= 0.6 is 0 Å². The normalized spacial score (nSPS) is 16.6. The molecular weight excluding hydrogens is 486 g/mol. The van der Waals surface area contributed by atoms with E-state index in [2.05, 4.69) is 37.0 Å². The summed E-state index contributed by atoms with van der Waals surface area (Å²) in [6.45, 7) is 7.76. The number of H-pyrrole nitrogens is 1. The molecule has 11 heteroatoms. The Morgan fingerprint density at radius 3 is 2.32 bits per heavy atom. The number of anilines is 3. The molecule has 3 aromatic rings. The minimum Gasteiger partial charge on any atom is -0.496 e. The molecule has 0 radical (unpaired) electrons. The van der Waals surface area contributed by atoms with Gasteiger partial charge in [0.2, 0.25) is 5.91 Å². The van der Waals surface area contributed by atoms with Crippen LogP contribution in [0.15, 0.2) is 41.3 Å². The van der Waals surface area contributed by atoms with Crippen molar-refractivity contribution in [2.75, 3.05) is 81.6 Å². The lowest BCUT2D eigenvalue weighted by Gasteiger charge is -2.34. The Labute approximate surface area is 221 Å². The van der Waals surface area contributed by atoms with Gasteiger partial charge in [-0.25, -0.2) is 4.98 Å². The maximum Gasteiger partial charge on any atom is 0.272 e. The number of carbonyl (C=O) groups excluding carboxylic acids is 2. The minimum atomic E-state index is -0.430. The zero-order valence-corrected chi connectivity index (χ0v) is 22.0. The van der Waals surface area contributed by atoms with E-state index in [0.717, 1.165) is 37.7 Å². The average Bonchev–Trinajstić information content (AvgIpc) is 2.93. The molecule has 38 heavy (non-hydrogen) atoms. The van der Waals surface area contributed by atoms with E-state index in [9.17, 15) is 14.4 Å². The van der Waals surface area contributed by atoms with Crippen LogP contribution in [0.2, 0.25) is 0 Å². The van der Waals surface area contributed by atoms with Crippen molar-refractivity contribution >= 4 is 39.9 Å². The van der Waals surface area contributed by atoms with Crippen LogP contribution < -0.4 is 25.3 Å². The number of amides is 2. The second-order valence-electron chi connectivity index (χ2n) is 9.73. The highest BCUT2D eigenvalue weighted by Gasteiger charge is 2.22. The van der Waals surface area contributed by atoms with E-state index in [-0.39, 0.29) is 17.0 Å². The van der Waals surface area contributed by atoms with Crippen molar-refractivity contribution in [1.29, 1.82) is 0 Å². The van der Waals surface area contributed by atoms with E-state index in [1.165, 1.54) is 13.2 Å². The lowest BCUT2D eigenvalue weighted by Crippen LogP contribution is -2.48. The number of ether oxygens (including phenoxy) is 1. The summed E-state index contributed by atoms with van der Waals surface area (Å²) >= 11 is 0. The molecule has 11 nitrogen and oxygen atoms in total. The zero-order valence-electron chi connectivity index (χ0n) is 22.0. The van der Waals surface area contributed by atoms with Crippen molar-refractivity contribution < 1.29 is 14.3 Å². The highest BCUT2D eigenvalue weighted by Crippen LogP contribution is 2.31. The van der Waals surface area contributed by atoms with Crippen molar-refractivity contribution in [3.8, 4) is 5.75 Å². The second kappa shape index (κ2) is 10.7. The summed E-state index contributed by atoms with van der Waals surface area (Å²) in [5.74, 6) is 0.904. The Morgan fingerprint density at radius 2 is 1.68 bits per heavy atom. The molecular formula is C27H33N7O4. The number of fused-ring (bicyclic) bond motifs is 1. The number of piperazine rings is 2. The predicted octanol–water partition coefficient (Wildman–Crippen LogP) is 1.60. The molecule has 0 aliphatic carbocycles. The third-order valence-electron chi connectivity index (χ3n) is 7.29. The van der Waals surface area contributed by atoms with Gasteiger partial charge in [-0.1, -0.05) is 0 Å². The predicted molar refractivity (Wildman–Crippen MR) is 147 cm³/mol. The molecule has 2 aliphatic rings. The standard InChI is InChI=1S/C27H33N7O4/c1-18(35)32-12-14-34(15-13-32)24-7-4-19(17-28-24)29-27(37)20-16-22(36)25-23(38-3)6-5-21(26(25)30-20)33-10-8-31(2)9-11-33/h4-7,16-17H,8-15H2,1-3H3,(H,29,37)(H,30,36). The van der Waals surface area contributed by atoms with E-state index in [4.69, 9.17) is 4.74 Å². The van der Waals surface area contributed by atoms with E-state index in [1.54, 1.807) is 25.3 Å². The Morgan fingerprint density at radius 1 is 0.974 bits per heavy atom. The fraction of sp³-hybridized carbons (Fsp3) is 0.407. The number of methoxy groups -OCH3 is 1. The molecule has 2 N–H and O–H groups in total. The van der Waals surface area contributed by atoms with Crippen molar-refractivity contribution in [3.05, 3.63) is 52.4 Å². The fourth-order valence-electron chi connectivity index (χ4n) is 5.02. The Balaban J connectivity index is 1.36. The molecule has 2 fully saturated rings. The van der Waals surface area contributed by atoms with Gasteiger partial charge in [0.15, 0.2) is 5.43 Å². The van der Waals surface area contributed by atoms with Gasteiger partial charge in [-0.05, 0) is 31.3 Å². The van der Waals surface area contributed by atoms with Crippen LogP contribution in [0, 0.1) is 0 Å². The van der Waals surface area contributed by atoms with Crippen LogP contribution in [-0.4, -0.2) is 98.1 Å². The van der Waals surface area contributed by atoms with Gasteiger partial charge in [-0.15, -0.1) is 0 Å². The third kappa shape index (κ3) is 5.14. The lowest BCUT2D eigenvalue weighted by atomic mass is 10.1. The number of nitrogens with zero attached hydrogens (tertiary/aromatic N) is 5. The van der Waals surface area contributed by atoms with Crippen LogP contribution in [0.4, 0.5) is 17.2 Å². The van der Waals surface area contributed by atoms with Gasteiger partial charge in [0, 0.05) is 65.3 Å². The molecule has 0 unspecified atom stereocenters. The minimum absolute atomic E-state index is 0.0801. The van der Waals surface area contributed by atoms with Gasteiger partial charge in [-0.2, -0.15) is 0 Å².